The molecule has 0 spiro atoms. The lowest BCUT2D eigenvalue weighted by atomic mass is 10.1. The van der Waals surface area contributed by atoms with E-state index in [1.807, 2.05) is 0 Å². The van der Waals surface area contributed by atoms with Gasteiger partial charge in [-0.05, 0) is 43.2 Å². The van der Waals surface area contributed by atoms with E-state index in [1.165, 1.54) is 18.2 Å². The molecular weight excluding hydrogens is 414 g/mol. The fourth-order valence-corrected chi connectivity index (χ4v) is 3.71. The number of aryl methyl sites for hydroxylation is 1. The van der Waals surface area contributed by atoms with Gasteiger partial charge in [-0.25, -0.2) is 0 Å². The molecule has 0 radical (unpaired) electrons. The van der Waals surface area contributed by atoms with E-state index in [0.717, 1.165) is 38.1 Å². The number of anilines is 1. The summed E-state index contributed by atoms with van der Waals surface area (Å²) in [6, 6.07) is 10.8. The Kier molecular flexibility index (Phi) is 5.94. The number of amides is 1. The normalized spacial score (nSPS) is 13.6. The van der Waals surface area contributed by atoms with Crippen molar-refractivity contribution in [3.63, 3.8) is 0 Å². The van der Waals surface area contributed by atoms with Gasteiger partial charge in [-0.2, -0.15) is 8.78 Å². The number of nitrogens with one attached hydrogen (secondary N) is 1. The van der Waals surface area contributed by atoms with Crippen molar-refractivity contribution in [2.45, 2.75) is 38.8 Å². The largest absolute Gasteiger partial charge is 0.434 e. The minimum Gasteiger partial charge on any atom is -0.434 e. The SMILES string of the molecule is O=C(Nc1ccc(Cl)c(-c2nnc3n2CCCCC3)c1)c1ccccc1OC(F)F. The van der Waals surface area contributed by atoms with Crippen LogP contribution >= 0.6 is 11.6 Å². The molecule has 3 aromatic rings. The molecule has 0 saturated heterocycles. The molecule has 0 aliphatic carbocycles. The number of para-hydroxylation sites is 1. The van der Waals surface area contributed by atoms with Crippen LogP contribution in [0.2, 0.25) is 5.02 Å². The molecule has 1 amide bonds. The third-order valence-electron chi connectivity index (χ3n) is 4.92. The number of rotatable bonds is 5. The van der Waals surface area contributed by atoms with Crippen molar-refractivity contribution in [3.05, 3.63) is 58.9 Å². The quantitative estimate of drug-likeness (QED) is 0.603. The number of nitrogens with zero attached hydrogens (tertiary/aromatic N) is 3. The number of hydrogen-bond acceptors (Lipinski definition) is 4. The molecular formula is C21H19ClF2N4O2. The van der Waals surface area contributed by atoms with Gasteiger partial charge in [0.25, 0.3) is 5.91 Å². The second kappa shape index (κ2) is 8.79. The Morgan fingerprint density at radius 3 is 2.80 bits per heavy atom. The molecule has 1 aliphatic rings. The van der Waals surface area contributed by atoms with Crippen LogP contribution in [0.3, 0.4) is 0 Å². The zero-order valence-corrected chi connectivity index (χ0v) is 16.7. The number of alkyl halides is 2. The van der Waals surface area contributed by atoms with Crippen molar-refractivity contribution in [1.29, 1.82) is 0 Å². The first-order chi connectivity index (χ1) is 14.5. The fourth-order valence-electron chi connectivity index (χ4n) is 3.51. The van der Waals surface area contributed by atoms with Crippen molar-refractivity contribution in [1.82, 2.24) is 14.8 Å². The van der Waals surface area contributed by atoms with Crippen LogP contribution in [0.25, 0.3) is 11.4 Å². The molecule has 30 heavy (non-hydrogen) atoms. The number of aromatic nitrogens is 3. The van der Waals surface area contributed by atoms with E-state index >= 15 is 0 Å². The molecule has 2 heterocycles. The minimum atomic E-state index is -3.02. The molecule has 0 bridgehead atoms. The lowest BCUT2D eigenvalue weighted by molar-refractivity contribution is -0.0501. The summed E-state index contributed by atoms with van der Waals surface area (Å²) in [6.07, 6.45) is 4.10. The zero-order valence-electron chi connectivity index (χ0n) is 15.9. The Bertz CT molecular complexity index is 1070. The van der Waals surface area contributed by atoms with E-state index in [4.69, 9.17) is 11.6 Å². The highest BCUT2D eigenvalue weighted by Crippen LogP contribution is 2.32. The average Bonchev–Trinajstić information content (AvgIpc) is 2.97. The van der Waals surface area contributed by atoms with Crippen LogP contribution in [0, 0.1) is 0 Å². The molecule has 0 unspecified atom stereocenters. The monoisotopic (exact) mass is 432 g/mol. The van der Waals surface area contributed by atoms with Gasteiger partial charge in [0.05, 0.1) is 10.6 Å². The third kappa shape index (κ3) is 4.28. The second-order valence-corrected chi connectivity index (χ2v) is 7.33. The van der Waals surface area contributed by atoms with Crippen molar-refractivity contribution in [2.24, 2.45) is 0 Å². The number of hydrogen-bond donors (Lipinski definition) is 1. The highest BCUT2D eigenvalue weighted by atomic mass is 35.5. The van der Waals surface area contributed by atoms with E-state index in [0.29, 0.717) is 22.1 Å². The van der Waals surface area contributed by atoms with Gasteiger partial charge < -0.3 is 14.6 Å². The Morgan fingerprint density at radius 2 is 1.97 bits per heavy atom. The summed E-state index contributed by atoms with van der Waals surface area (Å²) < 4.78 is 31.8. The molecule has 1 aromatic heterocycles. The van der Waals surface area contributed by atoms with E-state index < -0.39 is 12.5 Å². The van der Waals surface area contributed by atoms with Gasteiger partial charge >= 0.3 is 6.61 Å². The predicted molar refractivity (Wildman–Crippen MR) is 109 cm³/mol. The highest BCUT2D eigenvalue weighted by Gasteiger charge is 2.20. The molecule has 4 rings (SSSR count). The Morgan fingerprint density at radius 1 is 1.13 bits per heavy atom. The van der Waals surface area contributed by atoms with Gasteiger partial charge in [0, 0.05) is 24.2 Å². The van der Waals surface area contributed by atoms with Crippen LogP contribution in [0.4, 0.5) is 14.5 Å². The van der Waals surface area contributed by atoms with Crippen LogP contribution in [0.5, 0.6) is 5.75 Å². The Balaban J connectivity index is 1.62. The molecule has 0 saturated carbocycles. The summed E-state index contributed by atoms with van der Waals surface area (Å²) in [7, 11) is 0. The molecule has 156 valence electrons. The van der Waals surface area contributed by atoms with Gasteiger partial charge in [0.2, 0.25) is 0 Å². The van der Waals surface area contributed by atoms with E-state index in [2.05, 4.69) is 24.8 Å². The van der Waals surface area contributed by atoms with Gasteiger partial charge in [0.15, 0.2) is 5.82 Å². The molecule has 9 heteroatoms. The Labute approximate surface area is 176 Å². The summed E-state index contributed by atoms with van der Waals surface area (Å²) >= 11 is 6.41. The van der Waals surface area contributed by atoms with E-state index in [-0.39, 0.29) is 11.3 Å². The van der Waals surface area contributed by atoms with Crippen molar-refractivity contribution in [3.8, 4) is 17.1 Å². The van der Waals surface area contributed by atoms with E-state index in [1.54, 1.807) is 24.3 Å². The van der Waals surface area contributed by atoms with Crippen LogP contribution < -0.4 is 10.1 Å². The van der Waals surface area contributed by atoms with Crippen molar-refractivity contribution in [2.75, 3.05) is 5.32 Å². The summed E-state index contributed by atoms with van der Waals surface area (Å²) in [5.74, 6) is 0.807. The smallest absolute Gasteiger partial charge is 0.387 e. The van der Waals surface area contributed by atoms with Gasteiger partial charge in [-0.15, -0.1) is 10.2 Å². The first-order valence-corrected chi connectivity index (χ1v) is 9.98. The number of carbonyl (C=O) groups excluding carboxylic acids is 1. The standard InChI is InChI=1S/C21H19ClF2N4O2/c22-16-10-9-13(25-20(29)14-6-3-4-7-17(14)30-21(23)24)12-15(16)19-27-26-18-8-2-1-5-11-28(18)19/h3-4,6-7,9-10,12,21H,1-2,5,8,11H2,(H,25,29). The topological polar surface area (TPSA) is 69.0 Å². The van der Waals surface area contributed by atoms with Gasteiger partial charge in [-0.3, -0.25) is 4.79 Å². The number of benzene rings is 2. The van der Waals surface area contributed by atoms with E-state index in [9.17, 15) is 13.6 Å². The average molecular weight is 433 g/mol. The molecule has 2 aromatic carbocycles. The summed E-state index contributed by atoms with van der Waals surface area (Å²) in [5.41, 5.74) is 1.11. The zero-order chi connectivity index (χ0) is 21.1. The lowest BCUT2D eigenvalue weighted by Crippen LogP contribution is -2.15. The maximum atomic E-state index is 12.7. The van der Waals surface area contributed by atoms with Crippen LogP contribution in [-0.2, 0) is 13.0 Å². The second-order valence-electron chi connectivity index (χ2n) is 6.93. The Hall–Kier alpha value is -3.00. The van der Waals surface area contributed by atoms with Crippen LogP contribution in [-0.4, -0.2) is 27.3 Å². The lowest BCUT2D eigenvalue weighted by Gasteiger charge is -2.13. The maximum absolute atomic E-state index is 12.7. The number of fused-ring (bicyclic) bond motifs is 1. The predicted octanol–water partition coefficient (Wildman–Crippen LogP) is 5.18. The first-order valence-electron chi connectivity index (χ1n) is 9.60. The van der Waals surface area contributed by atoms with Crippen LogP contribution in [0.15, 0.2) is 42.5 Å². The molecule has 0 atom stereocenters. The molecule has 0 fully saturated rings. The van der Waals surface area contributed by atoms with Crippen LogP contribution in [0.1, 0.15) is 35.4 Å². The van der Waals surface area contributed by atoms with Crippen molar-refractivity contribution < 1.29 is 18.3 Å². The van der Waals surface area contributed by atoms with Gasteiger partial charge in [-0.1, -0.05) is 30.2 Å². The number of carbonyl (C=O) groups is 1. The molecule has 1 N–H and O–H groups in total. The number of ether oxygens (including phenoxy) is 1. The minimum absolute atomic E-state index is 0.00523. The maximum Gasteiger partial charge on any atom is 0.387 e. The van der Waals surface area contributed by atoms with Crippen molar-refractivity contribution >= 4 is 23.2 Å². The third-order valence-corrected chi connectivity index (χ3v) is 5.25. The summed E-state index contributed by atoms with van der Waals surface area (Å²) in [6.45, 7) is -2.22. The highest BCUT2D eigenvalue weighted by molar-refractivity contribution is 6.33. The summed E-state index contributed by atoms with van der Waals surface area (Å²) in [4.78, 5) is 12.7. The summed E-state index contributed by atoms with van der Waals surface area (Å²) in [5, 5.41) is 11.8. The number of halogens is 3. The molecule has 1 aliphatic heterocycles. The fraction of sp³-hybridized carbons (Fsp3) is 0.286. The first kappa shape index (κ1) is 20.3. The van der Waals surface area contributed by atoms with Gasteiger partial charge in [0.1, 0.15) is 11.6 Å². The molecule has 6 nitrogen and oxygen atoms in total.